The lowest BCUT2D eigenvalue weighted by atomic mass is 9.93. The quantitative estimate of drug-likeness (QED) is 0.0656. The van der Waals surface area contributed by atoms with E-state index in [4.69, 9.17) is 11.5 Å². The molecule has 0 saturated heterocycles. The summed E-state index contributed by atoms with van der Waals surface area (Å²) in [7, 11) is 0. The molecule has 0 atom stereocenters. The van der Waals surface area contributed by atoms with Crippen molar-refractivity contribution in [1.29, 1.82) is 0 Å². The van der Waals surface area contributed by atoms with Crippen LogP contribution >= 0.6 is 0 Å². The van der Waals surface area contributed by atoms with Crippen molar-refractivity contribution in [1.82, 2.24) is 0 Å². The first kappa shape index (κ1) is 44.7. The minimum atomic E-state index is -4.02. The summed E-state index contributed by atoms with van der Waals surface area (Å²) in [5.74, 6) is -1.08. The summed E-state index contributed by atoms with van der Waals surface area (Å²) in [6.07, 6.45) is 39.3. The van der Waals surface area contributed by atoms with Crippen molar-refractivity contribution < 1.29 is 13.2 Å². The van der Waals surface area contributed by atoms with E-state index in [1.54, 1.807) is 0 Å². The van der Waals surface area contributed by atoms with Gasteiger partial charge in [0.1, 0.15) is 0 Å². The summed E-state index contributed by atoms with van der Waals surface area (Å²) in [5.41, 5.74) is 11.1. The zero-order chi connectivity index (χ0) is 32.9. The molecule has 0 amide bonds. The van der Waals surface area contributed by atoms with E-state index in [1.807, 2.05) is 0 Å². The fraction of sp³-hybridized carbons (Fsp3) is 1.00. The number of alkyl halides is 3. The van der Waals surface area contributed by atoms with E-state index >= 15 is 0 Å². The van der Waals surface area contributed by atoms with E-state index in [1.165, 1.54) is 180 Å². The van der Waals surface area contributed by atoms with Crippen LogP contribution in [0.4, 0.5) is 13.2 Å². The maximum atomic E-state index is 13.6. The lowest BCUT2D eigenvalue weighted by Crippen LogP contribution is -2.22. The van der Waals surface area contributed by atoms with Crippen molar-refractivity contribution in [3.05, 3.63) is 0 Å². The molecule has 272 valence electrons. The van der Waals surface area contributed by atoms with Crippen molar-refractivity contribution in [3.63, 3.8) is 0 Å². The zero-order valence-electron chi connectivity index (χ0n) is 30.2. The first-order valence-electron chi connectivity index (χ1n) is 20.5. The van der Waals surface area contributed by atoms with Crippen LogP contribution in [0.5, 0.6) is 0 Å². The van der Waals surface area contributed by atoms with Gasteiger partial charge in [-0.15, -0.1) is 0 Å². The third-order valence-electron chi connectivity index (χ3n) is 9.98. The standard InChI is InChI=1S/C40H81F3N2/c41-40(42,43)39(35-31-27-23-19-15-11-7-3-1-5-9-13-17-21-25-29-33-37-44)36-32-28-24-20-16-12-8-4-2-6-10-14-18-22-26-30-34-38-45/h39H,1-38,44-45H2. The second-order valence-electron chi connectivity index (χ2n) is 14.4. The van der Waals surface area contributed by atoms with E-state index in [-0.39, 0.29) is 0 Å². The highest BCUT2D eigenvalue weighted by atomic mass is 19.4. The highest BCUT2D eigenvalue weighted by Crippen LogP contribution is 2.34. The molecule has 4 N–H and O–H groups in total. The average molecular weight is 647 g/mol. The van der Waals surface area contributed by atoms with Crippen LogP contribution in [0.3, 0.4) is 0 Å². The zero-order valence-corrected chi connectivity index (χ0v) is 30.2. The Bertz CT molecular complexity index is 500. The summed E-state index contributed by atoms with van der Waals surface area (Å²) >= 11 is 0. The van der Waals surface area contributed by atoms with Gasteiger partial charge < -0.3 is 11.5 Å². The Morgan fingerprint density at radius 3 is 0.578 bits per heavy atom. The fourth-order valence-electron chi connectivity index (χ4n) is 6.85. The van der Waals surface area contributed by atoms with Gasteiger partial charge in [-0.1, -0.05) is 205 Å². The summed E-state index contributed by atoms with van der Waals surface area (Å²) in [5, 5.41) is 0. The maximum absolute atomic E-state index is 13.6. The molecule has 0 aromatic heterocycles. The Morgan fingerprint density at radius 2 is 0.422 bits per heavy atom. The normalized spacial score (nSPS) is 12.1. The molecule has 0 aliphatic rings. The Morgan fingerprint density at radius 1 is 0.267 bits per heavy atom. The summed E-state index contributed by atoms with van der Waals surface area (Å²) in [6.45, 7) is 1.67. The Labute approximate surface area is 280 Å². The van der Waals surface area contributed by atoms with Crippen molar-refractivity contribution in [2.75, 3.05) is 13.1 Å². The van der Waals surface area contributed by atoms with Gasteiger partial charge in [-0.25, -0.2) is 0 Å². The molecular formula is C40H81F3N2. The van der Waals surface area contributed by atoms with Crippen LogP contribution in [-0.2, 0) is 0 Å². The van der Waals surface area contributed by atoms with Gasteiger partial charge in [0.2, 0.25) is 0 Å². The molecule has 0 unspecified atom stereocenters. The number of hydrogen-bond donors (Lipinski definition) is 2. The number of rotatable bonds is 38. The Balaban J connectivity index is 3.46. The van der Waals surface area contributed by atoms with E-state index in [0.717, 1.165) is 51.6 Å². The van der Waals surface area contributed by atoms with Crippen LogP contribution in [0.1, 0.15) is 231 Å². The molecule has 0 aromatic carbocycles. The highest BCUT2D eigenvalue weighted by molar-refractivity contribution is 4.68. The highest BCUT2D eigenvalue weighted by Gasteiger charge is 2.38. The van der Waals surface area contributed by atoms with E-state index in [9.17, 15) is 13.2 Å². The van der Waals surface area contributed by atoms with E-state index in [0.29, 0.717) is 12.8 Å². The third kappa shape index (κ3) is 36.4. The van der Waals surface area contributed by atoms with Crippen LogP contribution in [0.2, 0.25) is 0 Å². The van der Waals surface area contributed by atoms with E-state index < -0.39 is 12.1 Å². The van der Waals surface area contributed by atoms with E-state index in [2.05, 4.69) is 0 Å². The number of unbranched alkanes of at least 4 members (excludes halogenated alkanes) is 32. The third-order valence-corrected chi connectivity index (χ3v) is 9.98. The Kier molecular flexibility index (Phi) is 36.3. The minimum Gasteiger partial charge on any atom is -0.330 e. The molecule has 2 nitrogen and oxygen atoms in total. The largest absolute Gasteiger partial charge is 0.391 e. The van der Waals surface area contributed by atoms with Crippen molar-refractivity contribution in [2.24, 2.45) is 17.4 Å². The maximum Gasteiger partial charge on any atom is 0.391 e. The van der Waals surface area contributed by atoms with Gasteiger partial charge in [-0.2, -0.15) is 13.2 Å². The van der Waals surface area contributed by atoms with Gasteiger partial charge in [0.05, 0.1) is 5.92 Å². The molecule has 0 fully saturated rings. The molecule has 0 spiro atoms. The second-order valence-corrected chi connectivity index (χ2v) is 14.4. The van der Waals surface area contributed by atoms with Crippen LogP contribution in [0.25, 0.3) is 0 Å². The summed E-state index contributed by atoms with van der Waals surface area (Å²) < 4.78 is 40.7. The number of halogens is 3. The smallest absolute Gasteiger partial charge is 0.330 e. The first-order valence-corrected chi connectivity index (χ1v) is 20.5. The Hall–Kier alpha value is -0.290. The minimum absolute atomic E-state index is 0.339. The molecule has 0 bridgehead atoms. The lowest BCUT2D eigenvalue weighted by molar-refractivity contribution is -0.178. The molecular weight excluding hydrogens is 565 g/mol. The molecule has 0 aliphatic heterocycles. The van der Waals surface area contributed by atoms with Crippen LogP contribution < -0.4 is 11.5 Å². The number of nitrogens with two attached hydrogens (primary N) is 2. The molecule has 0 aromatic rings. The molecule has 0 saturated carbocycles. The molecule has 0 heterocycles. The first-order chi connectivity index (χ1) is 22.0. The SMILES string of the molecule is NCCCCCCCCCCCCCCCCCCCC(CCCCCCCCCCCCCCCCCCCN)C(F)(F)F. The van der Waals surface area contributed by atoms with Crippen LogP contribution in [0.15, 0.2) is 0 Å². The molecule has 0 radical (unpaired) electrons. The van der Waals surface area contributed by atoms with Crippen LogP contribution in [-0.4, -0.2) is 19.3 Å². The number of hydrogen-bond acceptors (Lipinski definition) is 2. The van der Waals surface area contributed by atoms with Gasteiger partial charge in [0.25, 0.3) is 0 Å². The average Bonchev–Trinajstić information content (AvgIpc) is 3.02. The molecule has 45 heavy (non-hydrogen) atoms. The van der Waals surface area contributed by atoms with Crippen molar-refractivity contribution in [2.45, 2.75) is 237 Å². The molecule has 5 heteroatoms. The monoisotopic (exact) mass is 647 g/mol. The molecule has 0 rings (SSSR count). The van der Waals surface area contributed by atoms with Crippen molar-refractivity contribution >= 4 is 0 Å². The van der Waals surface area contributed by atoms with Crippen LogP contribution in [0, 0.1) is 5.92 Å². The lowest BCUT2D eigenvalue weighted by Gasteiger charge is -2.20. The fourth-order valence-corrected chi connectivity index (χ4v) is 6.85. The van der Waals surface area contributed by atoms with Gasteiger partial charge >= 0.3 is 6.18 Å². The predicted octanol–water partition coefficient (Wildman–Crippen LogP) is 14.1. The predicted molar refractivity (Wildman–Crippen MR) is 194 cm³/mol. The summed E-state index contributed by atoms with van der Waals surface area (Å²) in [6, 6.07) is 0. The summed E-state index contributed by atoms with van der Waals surface area (Å²) in [4.78, 5) is 0. The van der Waals surface area contributed by atoms with Gasteiger partial charge in [-0.05, 0) is 38.8 Å². The molecule has 0 aliphatic carbocycles. The topological polar surface area (TPSA) is 52.0 Å². The second kappa shape index (κ2) is 36.5. The van der Waals surface area contributed by atoms with Gasteiger partial charge in [-0.3, -0.25) is 0 Å². The van der Waals surface area contributed by atoms with Gasteiger partial charge in [0, 0.05) is 0 Å². The van der Waals surface area contributed by atoms with Crippen molar-refractivity contribution in [3.8, 4) is 0 Å². The van der Waals surface area contributed by atoms with Gasteiger partial charge in [0.15, 0.2) is 0 Å².